The Labute approximate surface area is 159 Å². The SMILES string of the molecule is COC1CC(OC(=O)/C(C#N)=C2\Sc3ccccc3N2C)CC(C)(C)C1. The summed E-state index contributed by atoms with van der Waals surface area (Å²) in [6.45, 7) is 4.31. The van der Waals surface area contributed by atoms with Gasteiger partial charge in [0.15, 0.2) is 5.57 Å². The van der Waals surface area contributed by atoms with Gasteiger partial charge in [-0.1, -0.05) is 37.7 Å². The van der Waals surface area contributed by atoms with E-state index >= 15 is 0 Å². The van der Waals surface area contributed by atoms with Gasteiger partial charge in [0.05, 0.1) is 11.8 Å². The van der Waals surface area contributed by atoms with Crippen molar-refractivity contribution in [2.24, 2.45) is 5.41 Å². The predicted octanol–water partition coefficient (Wildman–Crippen LogP) is 4.10. The van der Waals surface area contributed by atoms with Gasteiger partial charge >= 0.3 is 5.97 Å². The molecule has 6 heteroatoms. The first-order valence-corrected chi connectivity index (χ1v) is 9.55. The molecule has 0 spiro atoms. The summed E-state index contributed by atoms with van der Waals surface area (Å²) in [6.07, 6.45) is 2.22. The minimum atomic E-state index is -0.549. The van der Waals surface area contributed by atoms with Gasteiger partial charge in [0.25, 0.3) is 0 Å². The number of methoxy groups -OCH3 is 1. The van der Waals surface area contributed by atoms with Crippen molar-refractivity contribution in [3.05, 3.63) is 34.9 Å². The first-order chi connectivity index (χ1) is 12.3. The summed E-state index contributed by atoms with van der Waals surface area (Å²) in [5.74, 6) is -0.549. The molecule has 2 atom stereocenters. The Morgan fingerprint density at radius 2 is 2.00 bits per heavy atom. The molecule has 0 amide bonds. The number of rotatable bonds is 3. The zero-order chi connectivity index (χ0) is 18.9. The number of hydrogen-bond acceptors (Lipinski definition) is 6. The fourth-order valence-electron chi connectivity index (χ4n) is 3.76. The van der Waals surface area contributed by atoms with Gasteiger partial charge in [0, 0.05) is 25.5 Å². The molecule has 1 aromatic carbocycles. The molecule has 1 aromatic rings. The first-order valence-electron chi connectivity index (χ1n) is 8.73. The molecule has 0 bridgehead atoms. The number of hydrogen-bond donors (Lipinski definition) is 0. The van der Waals surface area contributed by atoms with Crippen molar-refractivity contribution in [3.8, 4) is 6.07 Å². The average Bonchev–Trinajstić information content (AvgIpc) is 2.91. The second-order valence-corrected chi connectivity index (χ2v) is 8.64. The van der Waals surface area contributed by atoms with E-state index in [1.54, 1.807) is 7.11 Å². The Kier molecular flexibility index (Phi) is 5.31. The van der Waals surface area contributed by atoms with Crippen molar-refractivity contribution in [2.45, 2.75) is 50.2 Å². The molecule has 2 aliphatic rings. The lowest BCUT2D eigenvalue weighted by molar-refractivity contribution is -0.150. The number of nitrogens with zero attached hydrogens (tertiary/aromatic N) is 2. The molecule has 5 nitrogen and oxygen atoms in total. The number of esters is 1. The largest absolute Gasteiger partial charge is 0.458 e. The summed E-state index contributed by atoms with van der Waals surface area (Å²) < 4.78 is 11.2. The number of carbonyl (C=O) groups is 1. The van der Waals surface area contributed by atoms with Crippen LogP contribution < -0.4 is 4.90 Å². The van der Waals surface area contributed by atoms with Crippen LogP contribution in [0.15, 0.2) is 39.8 Å². The van der Waals surface area contributed by atoms with E-state index in [0.717, 1.165) is 23.4 Å². The van der Waals surface area contributed by atoms with Crippen molar-refractivity contribution in [1.29, 1.82) is 5.26 Å². The lowest BCUT2D eigenvalue weighted by atomic mass is 9.74. The van der Waals surface area contributed by atoms with Crippen LogP contribution in [0.5, 0.6) is 0 Å². The molecule has 0 aromatic heterocycles. The molecule has 1 heterocycles. The number of benzene rings is 1. The van der Waals surface area contributed by atoms with Crippen LogP contribution >= 0.6 is 11.8 Å². The number of ether oxygens (including phenoxy) is 2. The van der Waals surface area contributed by atoms with E-state index in [1.807, 2.05) is 36.2 Å². The maximum Gasteiger partial charge on any atom is 0.351 e. The van der Waals surface area contributed by atoms with Crippen molar-refractivity contribution in [2.75, 3.05) is 19.1 Å². The Bertz CT molecular complexity index is 782. The Morgan fingerprint density at radius 1 is 1.31 bits per heavy atom. The van der Waals surface area contributed by atoms with Crippen molar-refractivity contribution in [1.82, 2.24) is 0 Å². The number of nitriles is 1. The van der Waals surface area contributed by atoms with Crippen molar-refractivity contribution >= 4 is 23.4 Å². The molecule has 1 saturated carbocycles. The molecule has 26 heavy (non-hydrogen) atoms. The summed E-state index contributed by atoms with van der Waals surface area (Å²) in [5.41, 5.74) is 1.09. The van der Waals surface area contributed by atoms with E-state index in [9.17, 15) is 10.1 Å². The summed E-state index contributed by atoms with van der Waals surface area (Å²) in [6, 6.07) is 9.90. The number of para-hydroxylation sites is 1. The molecular formula is C20H24N2O3S. The third kappa shape index (κ3) is 3.74. The van der Waals surface area contributed by atoms with Crippen LogP contribution in [0.1, 0.15) is 33.1 Å². The molecule has 2 unspecified atom stereocenters. The molecule has 0 saturated heterocycles. The van der Waals surface area contributed by atoms with Crippen molar-refractivity contribution < 1.29 is 14.3 Å². The zero-order valence-electron chi connectivity index (χ0n) is 15.6. The van der Waals surface area contributed by atoms with E-state index in [4.69, 9.17) is 9.47 Å². The zero-order valence-corrected chi connectivity index (χ0v) is 16.4. The van der Waals surface area contributed by atoms with Gasteiger partial charge in [-0.3, -0.25) is 0 Å². The molecular weight excluding hydrogens is 348 g/mol. The Balaban J connectivity index is 1.79. The van der Waals surface area contributed by atoms with Gasteiger partial charge in [-0.25, -0.2) is 4.79 Å². The molecule has 3 rings (SSSR count). The smallest absolute Gasteiger partial charge is 0.351 e. The maximum atomic E-state index is 12.7. The molecule has 138 valence electrons. The van der Waals surface area contributed by atoms with Crippen LogP contribution in [-0.2, 0) is 14.3 Å². The minimum absolute atomic E-state index is 0.0406. The number of carbonyl (C=O) groups excluding carboxylic acids is 1. The first kappa shape index (κ1) is 18.8. The normalized spacial score (nSPS) is 26.0. The number of fused-ring (bicyclic) bond motifs is 1. The van der Waals surface area contributed by atoms with E-state index in [-0.39, 0.29) is 23.2 Å². The van der Waals surface area contributed by atoms with Crippen LogP contribution in [0.2, 0.25) is 0 Å². The van der Waals surface area contributed by atoms with Crippen LogP contribution in [0, 0.1) is 16.7 Å². The van der Waals surface area contributed by atoms with Gasteiger partial charge in [-0.15, -0.1) is 0 Å². The summed E-state index contributed by atoms with van der Waals surface area (Å²) >= 11 is 1.43. The highest BCUT2D eigenvalue weighted by Crippen LogP contribution is 2.46. The second-order valence-electron chi connectivity index (χ2n) is 7.61. The standard InChI is InChI=1S/C20H24N2O3S/c1-20(2)10-13(24-4)9-14(11-20)25-19(23)15(12-21)18-22(3)16-7-5-6-8-17(16)26-18/h5-8,13-14H,9-11H2,1-4H3/b18-15-. The van der Waals surface area contributed by atoms with E-state index < -0.39 is 5.97 Å². The fourth-order valence-corrected chi connectivity index (χ4v) is 4.89. The molecule has 0 radical (unpaired) electrons. The van der Waals surface area contributed by atoms with E-state index in [0.29, 0.717) is 11.4 Å². The minimum Gasteiger partial charge on any atom is -0.458 e. The molecule has 1 fully saturated rings. The van der Waals surface area contributed by atoms with Crippen molar-refractivity contribution in [3.63, 3.8) is 0 Å². The van der Waals surface area contributed by atoms with Gasteiger partial charge in [-0.2, -0.15) is 5.26 Å². The van der Waals surface area contributed by atoms with Gasteiger partial charge in [0.1, 0.15) is 17.2 Å². The van der Waals surface area contributed by atoms with Gasteiger partial charge in [0.2, 0.25) is 0 Å². The lowest BCUT2D eigenvalue weighted by Gasteiger charge is -2.38. The number of thioether (sulfide) groups is 1. The second kappa shape index (κ2) is 7.34. The third-order valence-corrected chi connectivity index (χ3v) is 6.20. The lowest BCUT2D eigenvalue weighted by Crippen LogP contribution is -2.38. The van der Waals surface area contributed by atoms with E-state index in [2.05, 4.69) is 19.9 Å². The summed E-state index contributed by atoms with van der Waals surface area (Å²) in [5, 5.41) is 10.2. The van der Waals surface area contributed by atoms with Gasteiger partial charge in [-0.05, 0) is 30.4 Å². The maximum absolute atomic E-state index is 12.7. The van der Waals surface area contributed by atoms with E-state index in [1.165, 1.54) is 11.8 Å². The number of anilines is 1. The highest BCUT2D eigenvalue weighted by molar-refractivity contribution is 8.03. The highest BCUT2D eigenvalue weighted by atomic mass is 32.2. The summed E-state index contributed by atoms with van der Waals surface area (Å²) in [4.78, 5) is 15.7. The topological polar surface area (TPSA) is 62.6 Å². The van der Waals surface area contributed by atoms with Crippen LogP contribution in [0.25, 0.3) is 0 Å². The molecule has 1 aliphatic heterocycles. The average molecular weight is 372 g/mol. The summed E-state index contributed by atoms with van der Waals surface area (Å²) in [7, 11) is 3.55. The molecule has 0 N–H and O–H groups in total. The Morgan fingerprint density at radius 3 is 2.65 bits per heavy atom. The highest BCUT2D eigenvalue weighted by Gasteiger charge is 2.37. The third-order valence-electron chi connectivity index (χ3n) is 4.96. The fraction of sp³-hybridized carbons (Fsp3) is 0.500. The molecule has 1 aliphatic carbocycles. The van der Waals surface area contributed by atoms with Gasteiger partial charge < -0.3 is 14.4 Å². The van der Waals surface area contributed by atoms with Crippen LogP contribution in [0.4, 0.5) is 5.69 Å². The quantitative estimate of drug-likeness (QED) is 0.452. The van der Waals surface area contributed by atoms with Crippen LogP contribution in [-0.4, -0.2) is 32.3 Å². The Hall–Kier alpha value is -1.97. The monoisotopic (exact) mass is 372 g/mol. The van der Waals surface area contributed by atoms with Crippen LogP contribution in [0.3, 0.4) is 0 Å². The predicted molar refractivity (Wildman–Crippen MR) is 102 cm³/mol.